The Balaban J connectivity index is 1.75. The summed E-state index contributed by atoms with van der Waals surface area (Å²) in [5.41, 5.74) is 1.02. The van der Waals surface area contributed by atoms with Crippen LogP contribution in [0, 0.1) is 11.8 Å². The van der Waals surface area contributed by atoms with Crippen molar-refractivity contribution in [1.82, 2.24) is 42.1 Å². The molecule has 0 spiro atoms. The van der Waals surface area contributed by atoms with Gasteiger partial charge in [-0.2, -0.15) is 0 Å². The Morgan fingerprint density at radius 3 is 1.69 bits per heavy atom. The standard InChI is InChI=1S/C42H58N8O11/c1-22(2)17-29-37(56)48-32(21-51)39(58)45-30(18-25-8-12-27(52)13-9-25)38(57)47-31(19-26-10-14-28(53)15-11-26)42(61)50-16-6-7-33(50)40(59)44-24(5)36(55)43-20-34(54)49-35(23(3)4)41(60)46-29/h8-15,22-24,29-33,35,51-53H,6-7,16-21H2,1-5H3,(H,43,55)(H,44,59)(H,45,58)(H,46,60)(H,47,57)(H,48,56)(H,49,54)/t24-,29-,30-,31-,32-,33-,35-/m0/s1. The van der Waals surface area contributed by atoms with Crippen LogP contribution in [0.3, 0.4) is 0 Å². The molecule has 2 aromatic carbocycles. The van der Waals surface area contributed by atoms with E-state index in [-0.39, 0.29) is 49.6 Å². The zero-order valence-corrected chi connectivity index (χ0v) is 35.0. The summed E-state index contributed by atoms with van der Waals surface area (Å²) in [6.07, 6.45) is 0.467. The Labute approximate surface area is 354 Å². The Bertz CT molecular complexity index is 1910. The number of carbonyl (C=O) groups is 8. The predicted octanol–water partition coefficient (Wildman–Crippen LogP) is -1.37. The van der Waals surface area contributed by atoms with Crippen molar-refractivity contribution >= 4 is 47.3 Å². The van der Waals surface area contributed by atoms with Crippen LogP contribution in [0.15, 0.2) is 48.5 Å². The summed E-state index contributed by atoms with van der Waals surface area (Å²) >= 11 is 0. The SMILES string of the molecule is CC(C)C[C@@H]1NC(=O)[C@H](C(C)C)NC(=O)CNC(=O)[C@H](C)NC(=O)[C@@H]2CCCN2C(=O)[C@H](Cc2ccc(O)cc2)NC(=O)[C@H](Cc2ccc(O)cc2)NC(=O)[C@H](CO)NC1=O. The lowest BCUT2D eigenvalue weighted by Crippen LogP contribution is -2.61. The molecule has 0 bridgehead atoms. The van der Waals surface area contributed by atoms with E-state index in [0.29, 0.717) is 17.5 Å². The molecule has 7 atom stereocenters. The lowest BCUT2D eigenvalue weighted by Gasteiger charge is -2.31. The predicted molar refractivity (Wildman–Crippen MR) is 220 cm³/mol. The highest BCUT2D eigenvalue weighted by Crippen LogP contribution is 2.21. The van der Waals surface area contributed by atoms with E-state index in [9.17, 15) is 53.7 Å². The maximum absolute atomic E-state index is 14.4. The maximum atomic E-state index is 14.4. The molecule has 0 aliphatic carbocycles. The number of benzene rings is 2. The van der Waals surface area contributed by atoms with E-state index in [1.54, 1.807) is 39.8 Å². The maximum Gasteiger partial charge on any atom is 0.246 e. The van der Waals surface area contributed by atoms with Crippen molar-refractivity contribution in [2.75, 3.05) is 19.7 Å². The third kappa shape index (κ3) is 13.6. The molecule has 2 aliphatic rings. The fraction of sp³-hybridized carbons (Fsp3) is 0.524. The number of aromatic hydroxyl groups is 2. The van der Waals surface area contributed by atoms with Gasteiger partial charge in [-0.05, 0) is 73.4 Å². The monoisotopic (exact) mass is 850 g/mol. The van der Waals surface area contributed by atoms with Crippen LogP contribution in [0.2, 0.25) is 0 Å². The van der Waals surface area contributed by atoms with Gasteiger partial charge in [0, 0.05) is 19.4 Å². The van der Waals surface area contributed by atoms with Gasteiger partial charge in [-0.25, -0.2) is 0 Å². The molecule has 61 heavy (non-hydrogen) atoms. The summed E-state index contributed by atoms with van der Waals surface area (Å²) in [6.45, 7) is 6.98. The van der Waals surface area contributed by atoms with Gasteiger partial charge in [-0.1, -0.05) is 52.0 Å². The van der Waals surface area contributed by atoms with Crippen molar-refractivity contribution in [2.45, 2.75) is 109 Å². The van der Waals surface area contributed by atoms with E-state index in [4.69, 9.17) is 0 Å². The van der Waals surface area contributed by atoms with Crippen LogP contribution >= 0.6 is 0 Å². The number of nitrogens with zero attached hydrogens (tertiary/aromatic N) is 1. The second-order valence-corrected chi connectivity index (χ2v) is 16.2. The largest absolute Gasteiger partial charge is 0.508 e. The van der Waals surface area contributed by atoms with Gasteiger partial charge >= 0.3 is 0 Å². The molecule has 332 valence electrons. The zero-order chi connectivity index (χ0) is 45.0. The molecular formula is C42H58N8O11. The summed E-state index contributed by atoms with van der Waals surface area (Å²) < 4.78 is 0. The average Bonchev–Trinajstić information content (AvgIpc) is 3.71. The molecule has 19 nitrogen and oxygen atoms in total. The van der Waals surface area contributed by atoms with Crippen LogP contribution < -0.4 is 37.2 Å². The highest BCUT2D eigenvalue weighted by Gasteiger charge is 2.40. The highest BCUT2D eigenvalue weighted by atomic mass is 16.3. The number of phenols is 2. The molecule has 19 heteroatoms. The fourth-order valence-corrected chi connectivity index (χ4v) is 7.08. The smallest absolute Gasteiger partial charge is 0.246 e. The van der Waals surface area contributed by atoms with Crippen molar-refractivity contribution in [3.63, 3.8) is 0 Å². The Kier molecular flexibility index (Phi) is 17.0. The van der Waals surface area contributed by atoms with Crippen LogP contribution in [0.5, 0.6) is 11.5 Å². The Hall–Kier alpha value is -6.24. The highest BCUT2D eigenvalue weighted by molar-refractivity contribution is 5.98. The van der Waals surface area contributed by atoms with E-state index >= 15 is 0 Å². The van der Waals surface area contributed by atoms with Crippen molar-refractivity contribution < 1.29 is 53.7 Å². The first-order chi connectivity index (χ1) is 28.9. The molecule has 10 N–H and O–H groups in total. The molecule has 2 aliphatic heterocycles. The van der Waals surface area contributed by atoms with E-state index in [1.807, 2.05) is 0 Å². The first-order valence-electron chi connectivity index (χ1n) is 20.4. The number of hydrogen-bond donors (Lipinski definition) is 10. The van der Waals surface area contributed by atoms with Gasteiger partial charge in [0.15, 0.2) is 0 Å². The van der Waals surface area contributed by atoms with Crippen LogP contribution in [0.4, 0.5) is 0 Å². The minimum atomic E-state index is -1.62. The minimum absolute atomic E-state index is 0.0391. The van der Waals surface area contributed by atoms with Crippen molar-refractivity contribution in [3.8, 4) is 11.5 Å². The summed E-state index contributed by atoms with van der Waals surface area (Å²) in [5, 5.41) is 48.2. The normalized spacial score (nSPS) is 25.6. The summed E-state index contributed by atoms with van der Waals surface area (Å²) in [7, 11) is 0. The lowest BCUT2D eigenvalue weighted by molar-refractivity contribution is -0.142. The zero-order valence-electron chi connectivity index (χ0n) is 35.0. The quantitative estimate of drug-likeness (QED) is 0.148. The van der Waals surface area contributed by atoms with E-state index in [2.05, 4.69) is 37.2 Å². The first-order valence-corrected chi connectivity index (χ1v) is 20.4. The molecule has 0 unspecified atom stereocenters. The number of hydrogen-bond acceptors (Lipinski definition) is 11. The molecule has 0 saturated carbocycles. The minimum Gasteiger partial charge on any atom is -0.508 e. The van der Waals surface area contributed by atoms with Crippen LogP contribution in [-0.4, -0.2) is 129 Å². The third-order valence-corrected chi connectivity index (χ3v) is 10.4. The molecule has 4 rings (SSSR count). The van der Waals surface area contributed by atoms with Gasteiger partial charge < -0.3 is 57.4 Å². The number of aliphatic hydroxyl groups is 1. The number of nitrogens with one attached hydrogen (secondary N) is 7. The van der Waals surface area contributed by atoms with Crippen LogP contribution in [0.1, 0.15) is 65.0 Å². The molecule has 8 amide bonds. The second-order valence-electron chi connectivity index (χ2n) is 16.2. The van der Waals surface area contributed by atoms with E-state index < -0.39 is 109 Å². The number of aliphatic hydroxyl groups excluding tert-OH is 1. The van der Waals surface area contributed by atoms with Gasteiger partial charge in [0.05, 0.1) is 13.2 Å². The third-order valence-electron chi connectivity index (χ3n) is 10.4. The molecule has 2 aromatic rings. The number of carbonyl (C=O) groups excluding carboxylic acids is 8. The molecule has 0 aromatic heterocycles. The van der Waals surface area contributed by atoms with Crippen molar-refractivity contribution in [3.05, 3.63) is 59.7 Å². The number of rotatable bonds is 8. The molecule has 2 fully saturated rings. The summed E-state index contributed by atoms with van der Waals surface area (Å²) in [4.78, 5) is 111. The van der Waals surface area contributed by atoms with Gasteiger partial charge in [0.1, 0.15) is 53.8 Å². The Morgan fingerprint density at radius 2 is 1.13 bits per heavy atom. The summed E-state index contributed by atoms with van der Waals surface area (Å²) in [5.74, 6) is -6.83. The summed E-state index contributed by atoms with van der Waals surface area (Å²) in [6, 6.07) is 2.76. The van der Waals surface area contributed by atoms with Crippen LogP contribution in [0.25, 0.3) is 0 Å². The Morgan fingerprint density at radius 1 is 0.623 bits per heavy atom. The van der Waals surface area contributed by atoms with Gasteiger partial charge in [0.25, 0.3) is 0 Å². The topological polar surface area (TPSA) is 285 Å². The molecule has 0 radical (unpaired) electrons. The average molecular weight is 851 g/mol. The molecular weight excluding hydrogens is 793 g/mol. The van der Waals surface area contributed by atoms with Gasteiger partial charge in [-0.3, -0.25) is 38.4 Å². The number of amides is 8. The lowest BCUT2D eigenvalue weighted by atomic mass is 9.99. The van der Waals surface area contributed by atoms with Gasteiger partial charge in [-0.15, -0.1) is 0 Å². The van der Waals surface area contributed by atoms with Crippen LogP contribution in [-0.2, 0) is 51.2 Å². The fourth-order valence-electron chi connectivity index (χ4n) is 7.08. The second kappa shape index (κ2) is 21.8. The van der Waals surface area contributed by atoms with Gasteiger partial charge in [0.2, 0.25) is 47.3 Å². The van der Waals surface area contributed by atoms with Crippen molar-refractivity contribution in [1.29, 1.82) is 0 Å². The van der Waals surface area contributed by atoms with E-state index in [0.717, 1.165) is 0 Å². The van der Waals surface area contributed by atoms with Crippen molar-refractivity contribution in [2.24, 2.45) is 11.8 Å². The number of phenolic OH excluding ortho intramolecular Hbond substituents is 2. The first kappa shape index (κ1) is 47.4. The number of fused-ring (bicyclic) bond motifs is 1. The molecule has 2 saturated heterocycles. The van der Waals surface area contributed by atoms with E-state index in [1.165, 1.54) is 48.2 Å². The molecule has 2 heterocycles.